The van der Waals surface area contributed by atoms with Gasteiger partial charge >= 0.3 is 0 Å². The lowest BCUT2D eigenvalue weighted by Crippen LogP contribution is -2.07. The lowest BCUT2D eigenvalue weighted by Gasteiger charge is -2.12. The topological polar surface area (TPSA) is 35.2 Å². The van der Waals surface area contributed by atoms with Gasteiger partial charge in [0.2, 0.25) is 0 Å². The van der Waals surface area contributed by atoms with Crippen molar-refractivity contribution < 1.29 is 4.74 Å². The molecule has 1 aromatic carbocycles. The molecule has 0 saturated heterocycles. The highest BCUT2D eigenvalue weighted by molar-refractivity contribution is 6.30. The molecule has 0 aliphatic rings. The maximum Gasteiger partial charge on any atom is 0.125 e. The first-order valence-electron chi connectivity index (χ1n) is 4.33. The van der Waals surface area contributed by atoms with Crippen LogP contribution in [0.2, 0.25) is 5.02 Å². The van der Waals surface area contributed by atoms with Crippen LogP contribution in [0.5, 0.6) is 5.75 Å². The Bertz CT molecular complexity index is 286. The molecule has 2 N–H and O–H groups in total. The van der Waals surface area contributed by atoms with Crippen molar-refractivity contribution >= 4 is 11.6 Å². The van der Waals surface area contributed by atoms with E-state index in [1.54, 1.807) is 6.07 Å². The van der Waals surface area contributed by atoms with Crippen LogP contribution < -0.4 is 10.5 Å². The van der Waals surface area contributed by atoms with Crippen molar-refractivity contribution in [1.82, 2.24) is 0 Å². The zero-order chi connectivity index (χ0) is 9.84. The van der Waals surface area contributed by atoms with Crippen LogP contribution >= 0.6 is 11.6 Å². The van der Waals surface area contributed by atoms with Crippen LogP contribution in [0.15, 0.2) is 18.2 Å². The number of ether oxygens (including phenoxy) is 1. The monoisotopic (exact) mass is 199 g/mol. The zero-order valence-electron chi connectivity index (χ0n) is 7.88. The maximum absolute atomic E-state index is 5.84. The molecule has 1 atom stereocenters. The van der Waals surface area contributed by atoms with E-state index < -0.39 is 0 Å². The van der Waals surface area contributed by atoms with Gasteiger partial charge in [-0.15, -0.1) is 0 Å². The van der Waals surface area contributed by atoms with E-state index >= 15 is 0 Å². The minimum absolute atomic E-state index is 0.0289. The molecule has 0 amide bonds. The van der Waals surface area contributed by atoms with Crippen LogP contribution in [-0.4, -0.2) is 6.61 Å². The molecule has 0 unspecified atom stereocenters. The highest BCUT2D eigenvalue weighted by atomic mass is 35.5. The van der Waals surface area contributed by atoms with Crippen LogP contribution in [0.4, 0.5) is 0 Å². The van der Waals surface area contributed by atoms with E-state index in [0.29, 0.717) is 11.6 Å². The molecule has 13 heavy (non-hydrogen) atoms. The van der Waals surface area contributed by atoms with Gasteiger partial charge in [0.25, 0.3) is 0 Å². The summed E-state index contributed by atoms with van der Waals surface area (Å²) >= 11 is 5.84. The van der Waals surface area contributed by atoms with Crippen molar-refractivity contribution in [1.29, 1.82) is 0 Å². The Kier molecular flexibility index (Phi) is 3.58. The van der Waals surface area contributed by atoms with Gasteiger partial charge in [0.15, 0.2) is 0 Å². The molecule has 0 aliphatic heterocycles. The second kappa shape index (κ2) is 4.49. The van der Waals surface area contributed by atoms with Crippen LogP contribution in [0, 0.1) is 0 Å². The van der Waals surface area contributed by atoms with Gasteiger partial charge in [-0.2, -0.15) is 0 Å². The summed E-state index contributed by atoms with van der Waals surface area (Å²) < 4.78 is 5.41. The fraction of sp³-hybridized carbons (Fsp3) is 0.400. The number of hydrogen-bond acceptors (Lipinski definition) is 2. The van der Waals surface area contributed by atoms with Crippen molar-refractivity contribution in [3.05, 3.63) is 28.8 Å². The lowest BCUT2D eigenvalue weighted by atomic mass is 10.1. The van der Waals surface area contributed by atoms with Gasteiger partial charge in [-0.3, -0.25) is 0 Å². The molecule has 0 saturated carbocycles. The molecule has 72 valence electrons. The third-order valence-corrected chi connectivity index (χ3v) is 2.00. The van der Waals surface area contributed by atoms with Crippen molar-refractivity contribution in [2.24, 2.45) is 5.73 Å². The summed E-state index contributed by atoms with van der Waals surface area (Å²) in [5, 5.41) is 0.674. The largest absolute Gasteiger partial charge is 0.493 e. The molecule has 1 rings (SSSR count). The molecule has 0 aliphatic carbocycles. The molecule has 1 aromatic rings. The van der Waals surface area contributed by atoms with E-state index in [9.17, 15) is 0 Å². The molecule has 0 radical (unpaired) electrons. The van der Waals surface area contributed by atoms with Gasteiger partial charge in [0, 0.05) is 16.6 Å². The molecule has 0 spiro atoms. The number of nitrogens with two attached hydrogens (primary N) is 1. The lowest BCUT2D eigenvalue weighted by molar-refractivity contribution is 0.335. The second-order valence-electron chi connectivity index (χ2n) is 2.90. The van der Waals surface area contributed by atoms with E-state index in [1.165, 1.54) is 0 Å². The molecule has 3 heteroatoms. The first-order valence-corrected chi connectivity index (χ1v) is 4.70. The Balaban J connectivity index is 3.03. The van der Waals surface area contributed by atoms with Gasteiger partial charge in [-0.1, -0.05) is 17.7 Å². The van der Waals surface area contributed by atoms with Crippen LogP contribution in [0.1, 0.15) is 25.5 Å². The average molecular weight is 200 g/mol. The predicted octanol–water partition coefficient (Wildman–Crippen LogP) is 2.76. The standard InChI is InChI=1S/C10H14ClNO/c1-3-13-10-6-8(11)4-5-9(10)7(2)12/h4-7H,3,12H2,1-2H3/t7-/m0/s1. The van der Waals surface area contributed by atoms with Crippen molar-refractivity contribution in [3.8, 4) is 5.75 Å². The van der Waals surface area contributed by atoms with E-state index in [2.05, 4.69) is 0 Å². The summed E-state index contributed by atoms with van der Waals surface area (Å²) in [5.41, 5.74) is 6.76. The van der Waals surface area contributed by atoms with Crippen molar-refractivity contribution in [3.63, 3.8) is 0 Å². The molecule has 0 aromatic heterocycles. The van der Waals surface area contributed by atoms with Crippen molar-refractivity contribution in [2.75, 3.05) is 6.61 Å². The van der Waals surface area contributed by atoms with E-state index in [-0.39, 0.29) is 6.04 Å². The summed E-state index contributed by atoms with van der Waals surface area (Å²) in [4.78, 5) is 0. The van der Waals surface area contributed by atoms with E-state index in [4.69, 9.17) is 22.1 Å². The smallest absolute Gasteiger partial charge is 0.125 e. The van der Waals surface area contributed by atoms with Gasteiger partial charge in [-0.05, 0) is 26.0 Å². The predicted molar refractivity (Wildman–Crippen MR) is 55.2 cm³/mol. The summed E-state index contributed by atoms with van der Waals surface area (Å²) in [7, 11) is 0. The highest BCUT2D eigenvalue weighted by Crippen LogP contribution is 2.27. The SMILES string of the molecule is CCOc1cc(Cl)ccc1[C@H](C)N. The van der Waals surface area contributed by atoms with E-state index in [0.717, 1.165) is 11.3 Å². The Hall–Kier alpha value is -0.730. The Morgan fingerprint density at radius 3 is 2.77 bits per heavy atom. The number of rotatable bonds is 3. The van der Waals surface area contributed by atoms with Crippen LogP contribution in [0.25, 0.3) is 0 Å². The quantitative estimate of drug-likeness (QED) is 0.813. The fourth-order valence-corrected chi connectivity index (χ4v) is 1.33. The number of halogens is 1. The molecule has 0 fully saturated rings. The van der Waals surface area contributed by atoms with Gasteiger partial charge in [0.1, 0.15) is 5.75 Å². The molecule has 2 nitrogen and oxygen atoms in total. The van der Waals surface area contributed by atoms with Gasteiger partial charge < -0.3 is 10.5 Å². The second-order valence-corrected chi connectivity index (χ2v) is 3.34. The van der Waals surface area contributed by atoms with Gasteiger partial charge in [0.05, 0.1) is 6.61 Å². The first-order chi connectivity index (χ1) is 6.15. The maximum atomic E-state index is 5.84. The number of hydrogen-bond donors (Lipinski definition) is 1. The minimum atomic E-state index is -0.0289. The summed E-state index contributed by atoms with van der Waals surface area (Å²) in [6.07, 6.45) is 0. The normalized spacial score (nSPS) is 12.6. The highest BCUT2D eigenvalue weighted by Gasteiger charge is 2.07. The summed E-state index contributed by atoms with van der Waals surface area (Å²) in [6, 6.07) is 5.49. The average Bonchev–Trinajstić information content (AvgIpc) is 2.04. The molecular formula is C10H14ClNO. The third-order valence-electron chi connectivity index (χ3n) is 1.77. The van der Waals surface area contributed by atoms with E-state index in [1.807, 2.05) is 26.0 Å². The van der Waals surface area contributed by atoms with Crippen LogP contribution in [-0.2, 0) is 0 Å². The third kappa shape index (κ3) is 2.61. The number of benzene rings is 1. The van der Waals surface area contributed by atoms with Gasteiger partial charge in [-0.25, -0.2) is 0 Å². The fourth-order valence-electron chi connectivity index (χ4n) is 1.16. The van der Waals surface area contributed by atoms with Crippen LogP contribution in [0.3, 0.4) is 0 Å². The zero-order valence-corrected chi connectivity index (χ0v) is 8.64. The molecule has 0 heterocycles. The van der Waals surface area contributed by atoms with Crippen molar-refractivity contribution in [2.45, 2.75) is 19.9 Å². The first kappa shape index (κ1) is 10.4. The summed E-state index contributed by atoms with van der Waals surface area (Å²) in [6.45, 7) is 4.48. The minimum Gasteiger partial charge on any atom is -0.493 e. The molecular weight excluding hydrogens is 186 g/mol. The summed E-state index contributed by atoms with van der Waals surface area (Å²) in [5.74, 6) is 0.782. The molecule has 0 bridgehead atoms. The Morgan fingerprint density at radius 2 is 2.23 bits per heavy atom. The Morgan fingerprint density at radius 1 is 1.54 bits per heavy atom. The Labute approximate surface area is 83.6 Å².